The van der Waals surface area contributed by atoms with Crippen LogP contribution in [-0.4, -0.2) is 30.1 Å². The average molecular weight is 252 g/mol. The molecule has 1 heterocycles. The quantitative estimate of drug-likeness (QED) is 0.816. The zero-order valence-corrected chi connectivity index (χ0v) is 12.5. The fourth-order valence-electron chi connectivity index (χ4n) is 4.29. The largest absolute Gasteiger partial charge is 0.329 e. The molecule has 106 valence electrons. The lowest BCUT2D eigenvalue weighted by Gasteiger charge is -2.53. The molecule has 0 spiro atoms. The lowest BCUT2D eigenvalue weighted by molar-refractivity contribution is -0.0151. The van der Waals surface area contributed by atoms with Crippen molar-refractivity contribution >= 4 is 0 Å². The molecule has 0 radical (unpaired) electrons. The van der Waals surface area contributed by atoms with Crippen LogP contribution >= 0.6 is 0 Å². The Morgan fingerprint density at radius 1 is 1.00 bits per heavy atom. The Bertz CT molecular complexity index is 245. The molecule has 0 aromatic heterocycles. The summed E-state index contributed by atoms with van der Waals surface area (Å²) in [5.74, 6) is 1.60. The van der Waals surface area contributed by atoms with Crippen molar-refractivity contribution in [2.24, 2.45) is 17.6 Å². The molecule has 0 aromatic carbocycles. The first-order chi connectivity index (χ1) is 8.70. The van der Waals surface area contributed by atoms with Gasteiger partial charge in [0.05, 0.1) is 0 Å². The van der Waals surface area contributed by atoms with Crippen molar-refractivity contribution in [1.82, 2.24) is 4.90 Å². The van der Waals surface area contributed by atoms with Gasteiger partial charge in [0.15, 0.2) is 0 Å². The number of hydrogen-bond donors (Lipinski definition) is 1. The molecule has 0 bridgehead atoms. The average Bonchev–Trinajstić information content (AvgIpc) is 2.33. The minimum absolute atomic E-state index is 0.314. The molecule has 3 unspecified atom stereocenters. The highest BCUT2D eigenvalue weighted by atomic mass is 15.2. The van der Waals surface area contributed by atoms with E-state index in [1.807, 2.05) is 0 Å². The number of likely N-dealkylation sites (tertiary alicyclic amines) is 1. The molecular formula is C16H32N2. The van der Waals surface area contributed by atoms with Gasteiger partial charge in [0, 0.05) is 12.1 Å². The monoisotopic (exact) mass is 252 g/mol. The zero-order chi connectivity index (χ0) is 13.0. The fraction of sp³-hybridized carbons (Fsp3) is 1.00. The maximum atomic E-state index is 6.27. The van der Waals surface area contributed by atoms with Crippen LogP contribution in [0.25, 0.3) is 0 Å². The highest BCUT2D eigenvalue weighted by molar-refractivity contribution is 5.00. The van der Waals surface area contributed by atoms with Gasteiger partial charge in [-0.2, -0.15) is 0 Å². The van der Waals surface area contributed by atoms with Gasteiger partial charge in [0.25, 0.3) is 0 Å². The molecule has 2 heteroatoms. The summed E-state index contributed by atoms with van der Waals surface area (Å²) in [5, 5.41) is 0. The van der Waals surface area contributed by atoms with Crippen molar-refractivity contribution in [3.8, 4) is 0 Å². The smallest absolute Gasteiger partial charge is 0.0359 e. The standard InChI is InChI=1S/C16H32N2/c1-14-9-8-10-16(13-17,15(14)2)18-11-6-4-3-5-7-12-18/h14-15H,3-13,17H2,1-2H3. The third kappa shape index (κ3) is 2.75. The minimum Gasteiger partial charge on any atom is -0.329 e. The summed E-state index contributed by atoms with van der Waals surface area (Å²) in [6.45, 7) is 8.31. The summed E-state index contributed by atoms with van der Waals surface area (Å²) in [7, 11) is 0. The molecule has 2 aliphatic rings. The lowest BCUT2D eigenvalue weighted by Crippen LogP contribution is -2.61. The Balaban J connectivity index is 2.12. The van der Waals surface area contributed by atoms with Crippen molar-refractivity contribution in [2.75, 3.05) is 19.6 Å². The molecule has 1 saturated carbocycles. The molecule has 3 atom stereocenters. The van der Waals surface area contributed by atoms with Gasteiger partial charge in [-0.3, -0.25) is 4.90 Å². The van der Waals surface area contributed by atoms with E-state index in [0.717, 1.165) is 18.4 Å². The van der Waals surface area contributed by atoms with Gasteiger partial charge in [-0.05, 0) is 44.2 Å². The van der Waals surface area contributed by atoms with Gasteiger partial charge >= 0.3 is 0 Å². The van der Waals surface area contributed by atoms with Gasteiger partial charge in [-0.15, -0.1) is 0 Å². The van der Waals surface area contributed by atoms with E-state index in [0.29, 0.717) is 5.54 Å². The summed E-state index contributed by atoms with van der Waals surface area (Å²) in [5.41, 5.74) is 6.58. The SMILES string of the molecule is CC1CCCC(CN)(N2CCCCCCC2)C1C. The van der Waals surface area contributed by atoms with E-state index in [1.165, 1.54) is 64.5 Å². The van der Waals surface area contributed by atoms with Crippen molar-refractivity contribution in [2.45, 2.75) is 70.8 Å². The van der Waals surface area contributed by atoms with E-state index in [2.05, 4.69) is 18.7 Å². The predicted octanol–water partition coefficient (Wildman–Crippen LogP) is 3.41. The molecule has 1 aliphatic carbocycles. The highest BCUT2D eigenvalue weighted by Gasteiger charge is 2.44. The number of rotatable bonds is 2. The maximum Gasteiger partial charge on any atom is 0.0359 e. The van der Waals surface area contributed by atoms with E-state index in [-0.39, 0.29) is 0 Å². The number of nitrogens with two attached hydrogens (primary N) is 1. The van der Waals surface area contributed by atoms with Gasteiger partial charge in [0.1, 0.15) is 0 Å². The Morgan fingerprint density at radius 2 is 1.61 bits per heavy atom. The van der Waals surface area contributed by atoms with E-state index in [9.17, 15) is 0 Å². The van der Waals surface area contributed by atoms with Gasteiger partial charge in [-0.25, -0.2) is 0 Å². The summed E-state index contributed by atoms with van der Waals surface area (Å²) >= 11 is 0. The van der Waals surface area contributed by atoms with Crippen LogP contribution in [-0.2, 0) is 0 Å². The molecule has 1 saturated heterocycles. The Morgan fingerprint density at radius 3 is 2.22 bits per heavy atom. The van der Waals surface area contributed by atoms with Crippen LogP contribution in [0.4, 0.5) is 0 Å². The summed E-state index contributed by atoms with van der Waals surface area (Å²) in [6.07, 6.45) is 11.1. The summed E-state index contributed by atoms with van der Waals surface area (Å²) in [4.78, 5) is 2.78. The summed E-state index contributed by atoms with van der Waals surface area (Å²) < 4.78 is 0. The van der Waals surface area contributed by atoms with Crippen molar-refractivity contribution in [3.05, 3.63) is 0 Å². The highest BCUT2D eigenvalue weighted by Crippen LogP contribution is 2.41. The van der Waals surface area contributed by atoms with Crippen molar-refractivity contribution in [3.63, 3.8) is 0 Å². The molecule has 2 nitrogen and oxygen atoms in total. The molecule has 18 heavy (non-hydrogen) atoms. The fourth-order valence-corrected chi connectivity index (χ4v) is 4.29. The Labute approximate surface area is 113 Å². The Kier molecular flexibility index (Phi) is 5.08. The van der Waals surface area contributed by atoms with Crippen LogP contribution in [0.1, 0.15) is 65.2 Å². The Hall–Kier alpha value is -0.0800. The first-order valence-corrected chi connectivity index (χ1v) is 8.16. The number of hydrogen-bond acceptors (Lipinski definition) is 2. The lowest BCUT2D eigenvalue weighted by atomic mass is 9.67. The van der Waals surface area contributed by atoms with Gasteiger partial charge < -0.3 is 5.73 Å². The van der Waals surface area contributed by atoms with Gasteiger partial charge in [0.2, 0.25) is 0 Å². The third-order valence-corrected chi connectivity index (χ3v) is 5.81. The van der Waals surface area contributed by atoms with Crippen LogP contribution in [0.2, 0.25) is 0 Å². The van der Waals surface area contributed by atoms with Crippen LogP contribution in [0.5, 0.6) is 0 Å². The van der Waals surface area contributed by atoms with E-state index in [4.69, 9.17) is 5.73 Å². The predicted molar refractivity (Wildman–Crippen MR) is 78.6 cm³/mol. The second kappa shape index (κ2) is 6.38. The molecule has 2 N–H and O–H groups in total. The van der Waals surface area contributed by atoms with Crippen LogP contribution in [0, 0.1) is 11.8 Å². The molecule has 0 amide bonds. The zero-order valence-electron chi connectivity index (χ0n) is 12.5. The van der Waals surface area contributed by atoms with E-state index < -0.39 is 0 Å². The molecule has 1 aliphatic heterocycles. The molecule has 2 rings (SSSR count). The summed E-state index contributed by atoms with van der Waals surface area (Å²) in [6, 6.07) is 0. The van der Waals surface area contributed by atoms with Crippen LogP contribution in [0.15, 0.2) is 0 Å². The first-order valence-electron chi connectivity index (χ1n) is 8.16. The van der Waals surface area contributed by atoms with Crippen LogP contribution in [0.3, 0.4) is 0 Å². The second-order valence-electron chi connectivity index (χ2n) is 6.72. The van der Waals surface area contributed by atoms with Crippen molar-refractivity contribution in [1.29, 1.82) is 0 Å². The van der Waals surface area contributed by atoms with Crippen LogP contribution < -0.4 is 5.73 Å². The maximum absolute atomic E-state index is 6.27. The molecule has 0 aromatic rings. The van der Waals surface area contributed by atoms with Gasteiger partial charge in [-0.1, -0.05) is 46.0 Å². The number of nitrogens with zero attached hydrogens (tertiary/aromatic N) is 1. The minimum atomic E-state index is 0.314. The molecular weight excluding hydrogens is 220 g/mol. The van der Waals surface area contributed by atoms with E-state index >= 15 is 0 Å². The third-order valence-electron chi connectivity index (χ3n) is 5.81. The first kappa shape index (κ1) is 14.3. The topological polar surface area (TPSA) is 29.3 Å². The normalized spacial score (nSPS) is 40.2. The molecule has 2 fully saturated rings. The second-order valence-corrected chi connectivity index (χ2v) is 6.72. The van der Waals surface area contributed by atoms with E-state index in [1.54, 1.807) is 0 Å². The van der Waals surface area contributed by atoms with Crippen molar-refractivity contribution < 1.29 is 0 Å².